The summed E-state index contributed by atoms with van der Waals surface area (Å²) >= 11 is 0. The van der Waals surface area contributed by atoms with Crippen LogP contribution < -0.4 is 16.0 Å². The summed E-state index contributed by atoms with van der Waals surface area (Å²) in [6, 6.07) is 18.4. The van der Waals surface area contributed by atoms with Crippen molar-refractivity contribution in [3.63, 3.8) is 0 Å². The first kappa shape index (κ1) is 23.0. The molecule has 2 aromatic carbocycles. The molecule has 1 atom stereocenters. The highest BCUT2D eigenvalue weighted by Crippen LogP contribution is 2.14. The first-order valence-electron chi connectivity index (χ1n) is 8.90. The van der Waals surface area contributed by atoms with Gasteiger partial charge in [-0.1, -0.05) is 67.1 Å². The van der Waals surface area contributed by atoms with Crippen molar-refractivity contribution in [2.45, 2.75) is 26.3 Å². The SMILES string of the molecule is CN=C(NCC(=O)NCc1ccccc1)NCC(C)c1ccc(C)cc1.I. The van der Waals surface area contributed by atoms with Gasteiger partial charge in [-0.25, -0.2) is 0 Å². The van der Waals surface area contributed by atoms with Gasteiger partial charge in [0.05, 0.1) is 6.54 Å². The van der Waals surface area contributed by atoms with E-state index < -0.39 is 0 Å². The molecular formula is C21H29IN4O. The molecule has 0 heterocycles. The molecule has 27 heavy (non-hydrogen) atoms. The number of hydrogen-bond acceptors (Lipinski definition) is 2. The summed E-state index contributed by atoms with van der Waals surface area (Å²) in [7, 11) is 1.70. The number of rotatable bonds is 7. The van der Waals surface area contributed by atoms with Gasteiger partial charge >= 0.3 is 0 Å². The Morgan fingerprint density at radius 3 is 2.30 bits per heavy atom. The van der Waals surface area contributed by atoms with E-state index in [1.54, 1.807) is 7.05 Å². The smallest absolute Gasteiger partial charge is 0.239 e. The van der Waals surface area contributed by atoms with E-state index in [0.29, 0.717) is 18.4 Å². The van der Waals surface area contributed by atoms with Crippen LogP contribution in [-0.4, -0.2) is 32.0 Å². The second-order valence-corrected chi connectivity index (χ2v) is 6.38. The number of halogens is 1. The molecule has 0 saturated carbocycles. The lowest BCUT2D eigenvalue weighted by atomic mass is 10.0. The molecule has 5 nitrogen and oxygen atoms in total. The molecule has 2 rings (SSSR count). The molecule has 3 N–H and O–H groups in total. The van der Waals surface area contributed by atoms with Crippen LogP contribution in [0.15, 0.2) is 59.6 Å². The molecule has 0 radical (unpaired) electrons. The number of aryl methyl sites for hydroxylation is 1. The number of hydrogen-bond donors (Lipinski definition) is 3. The van der Waals surface area contributed by atoms with Gasteiger partial charge in [0.2, 0.25) is 5.91 Å². The number of benzene rings is 2. The van der Waals surface area contributed by atoms with Crippen LogP contribution in [0.4, 0.5) is 0 Å². The molecule has 0 aliphatic heterocycles. The van der Waals surface area contributed by atoms with Crippen LogP contribution in [0.2, 0.25) is 0 Å². The molecule has 6 heteroatoms. The Bertz CT molecular complexity index is 717. The van der Waals surface area contributed by atoms with Gasteiger partial charge in [0.1, 0.15) is 0 Å². The fourth-order valence-corrected chi connectivity index (χ4v) is 2.51. The molecule has 2 aromatic rings. The van der Waals surface area contributed by atoms with E-state index in [-0.39, 0.29) is 36.4 Å². The number of amides is 1. The van der Waals surface area contributed by atoms with Crippen LogP contribution in [0.25, 0.3) is 0 Å². The van der Waals surface area contributed by atoms with E-state index in [1.165, 1.54) is 11.1 Å². The van der Waals surface area contributed by atoms with E-state index in [0.717, 1.165) is 12.1 Å². The molecule has 0 aliphatic rings. The van der Waals surface area contributed by atoms with E-state index >= 15 is 0 Å². The number of carbonyl (C=O) groups is 1. The van der Waals surface area contributed by atoms with Crippen LogP contribution in [-0.2, 0) is 11.3 Å². The van der Waals surface area contributed by atoms with Gasteiger partial charge in [0, 0.05) is 20.1 Å². The maximum absolute atomic E-state index is 12.0. The van der Waals surface area contributed by atoms with E-state index in [2.05, 4.69) is 59.1 Å². The molecule has 1 unspecified atom stereocenters. The van der Waals surface area contributed by atoms with Crippen molar-refractivity contribution in [2.75, 3.05) is 20.1 Å². The Balaban J connectivity index is 0.00000364. The summed E-state index contributed by atoms with van der Waals surface area (Å²) in [6.45, 7) is 5.70. The summed E-state index contributed by atoms with van der Waals surface area (Å²) in [5.74, 6) is 0.906. The van der Waals surface area contributed by atoms with Crippen LogP contribution in [0.3, 0.4) is 0 Å². The predicted molar refractivity (Wildman–Crippen MR) is 123 cm³/mol. The van der Waals surface area contributed by atoms with Crippen LogP contribution in [0, 0.1) is 6.92 Å². The lowest BCUT2D eigenvalue weighted by molar-refractivity contribution is -0.120. The van der Waals surface area contributed by atoms with Crippen molar-refractivity contribution in [3.8, 4) is 0 Å². The second kappa shape index (κ2) is 12.3. The lowest BCUT2D eigenvalue weighted by Crippen LogP contribution is -2.43. The minimum atomic E-state index is -0.0663. The largest absolute Gasteiger partial charge is 0.356 e. The van der Waals surface area contributed by atoms with E-state index in [1.807, 2.05) is 30.3 Å². The minimum absolute atomic E-state index is 0. The third kappa shape index (κ3) is 8.43. The zero-order valence-electron chi connectivity index (χ0n) is 16.2. The quantitative estimate of drug-likeness (QED) is 0.324. The van der Waals surface area contributed by atoms with E-state index in [9.17, 15) is 4.79 Å². The number of guanidine groups is 1. The third-order valence-electron chi connectivity index (χ3n) is 4.19. The normalized spacial score (nSPS) is 11.9. The van der Waals surface area contributed by atoms with Crippen LogP contribution >= 0.6 is 24.0 Å². The predicted octanol–water partition coefficient (Wildman–Crippen LogP) is 3.20. The number of aliphatic imine (C=N–C) groups is 1. The maximum atomic E-state index is 12.0. The summed E-state index contributed by atoms with van der Waals surface area (Å²) in [5.41, 5.74) is 3.61. The fourth-order valence-electron chi connectivity index (χ4n) is 2.51. The highest BCUT2D eigenvalue weighted by molar-refractivity contribution is 14.0. The van der Waals surface area contributed by atoms with Crippen molar-refractivity contribution >= 4 is 35.8 Å². The van der Waals surface area contributed by atoms with Crippen molar-refractivity contribution < 1.29 is 4.79 Å². The Kier molecular flexibility index (Phi) is 10.5. The number of carbonyl (C=O) groups excluding carboxylic acids is 1. The topological polar surface area (TPSA) is 65.5 Å². The molecule has 0 bridgehead atoms. The molecule has 0 aromatic heterocycles. The molecule has 146 valence electrons. The molecule has 0 spiro atoms. The Labute approximate surface area is 179 Å². The monoisotopic (exact) mass is 480 g/mol. The average Bonchev–Trinajstić information content (AvgIpc) is 2.67. The van der Waals surface area contributed by atoms with Crippen molar-refractivity contribution in [1.29, 1.82) is 0 Å². The Hall–Kier alpha value is -2.09. The molecule has 0 aliphatic carbocycles. The van der Waals surface area contributed by atoms with Gasteiger partial charge in [-0.3, -0.25) is 9.79 Å². The van der Waals surface area contributed by atoms with Gasteiger partial charge in [-0.05, 0) is 24.0 Å². The zero-order chi connectivity index (χ0) is 18.8. The standard InChI is InChI=1S/C21H28N4O.HI/c1-16-9-11-19(12-10-16)17(2)13-24-21(22-3)25-15-20(26)23-14-18-7-5-4-6-8-18;/h4-12,17H,13-15H2,1-3H3,(H,23,26)(H2,22,24,25);1H. The maximum Gasteiger partial charge on any atom is 0.239 e. The minimum Gasteiger partial charge on any atom is -0.356 e. The van der Waals surface area contributed by atoms with Crippen molar-refractivity contribution in [2.24, 2.45) is 4.99 Å². The molecular weight excluding hydrogens is 451 g/mol. The Morgan fingerprint density at radius 1 is 1.00 bits per heavy atom. The lowest BCUT2D eigenvalue weighted by Gasteiger charge is -2.16. The number of nitrogens with one attached hydrogen (secondary N) is 3. The van der Waals surface area contributed by atoms with Crippen LogP contribution in [0.1, 0.15) is 29.5 Å². The van der Waals surface area contributed by atoms with Crippen molar-refractivity contribution in [1.82, 2.24) is 16.0 Å². The van der Waals surface area contributed by atoms with Gasteiger partial charge in [-0.15, -0.1) is 24.0 Å². The van der Waals surface area contributed by atoms with Gasteiger partial charge in [-0.2, -0.15) is 0 Å². The molecule has 0 saturated heterocycles. The van der Waals surface area contributed by atoms with Gasteiger partial charge in [0.25, 0.3) is 0 Å². The van der Waals surface area contributed by atoms with Crippen LogP contribution in [0.5, 0.6) is 0 Å². The van der Waals surface area contributed by atoms with Gasteiger partial charge < -0.3 is 16.0 Å². The second-order valence-electron chi connectivity index (χ2n) is 6.38. The summed E-state index contributed by atoms with van der Waals surface area (Å²) in [5, 5.41) is 9.21. The van der Waals surface area contributed by atoms with Crippen molar-refractivity contribution in [3.05, 3.63) is 71.3 Å². The summed E-state index contributed by atoms with van der Waals surface area (Å²) in [6.07, 6.45) is 0. The van der Waals surface area contributed by atoms with Gasteiger partial charge in [0.15, 0.2) is 5.96 Å². The first-order chi connectivity index (χ1) is 12.6. The zero-order valence-corrected chi connectivity index (χ0v) is 18.5. The highest BCUT2D eigenvalue weighted by Gasteiger charge is 2.08. The third-order valence-corrected chi connectivity index (χ3v) is 4.19. The average molecular weight is 480 g/mol. The summed E-state index contributed by atoms with van der Waals surface area (Å²) in [4.78, 5) is 16.1. The summed E-state index contributed by atoms with van der Waals surface area (Å²) < 4.78 is 0. The van der Waals surface area contributed by atoms with E-state index in [4.69, 9.17) is 0 Å². The highest BCUT2D eigenvalue weighted by atomic mass is 127. The first-order valence-corrected chi connectivity index (χ1v) is 8.90. The fraction of sp³-hybridized carbons (Fsp3) is 0.333. The molecule has 1 amide bonds. The Morgan fingerprint density at radius 2 is 1.67 bits per heavy atom. The molecule has 0 fully saturated rings. The number of nitrogens with zero attached hydrogens (tertiary/aromatic N) is 1.